The maximum Gasteiger partial charge on any atom is 0.222 e. The van der Waals surface area contributed by atoms with Gasteiger partial charge in [-0.25, -0.2) is 0 Å². The number of hydrogen-bond acceptors (Lipinski definition) is 4. The van der Waals surface area contributed by atoms with Crippen molar-refractivity contribution >= 4 is 11.6 Å². The van der Waals surface area contributed by atoms with Crippen LogP contribution >= 0.6 is 0 Å². The molecule has 19 heavy (non-hydrogen) atoms. The van der Waals surface area contributed by atoms with E-state index in [2.05, 4.69) is 28.9 Å². The second kappa shape index (κ2) is 6.50. The van der Waals surface area contributed by atoms with Crippen LogP contribution in [0.4, 0.5) is 5.69 Å². The highest BCUT2D eigenvalue weighted by Gasteiger charge is 2.21. The molecule has 1 amide bonds. The normalized spacial score (nSPS) is 15.9. The summed E-state index contributed by atoms with van der Waals surface area (Å²) in [5.41, 5.74) is 1.09. The summed E-state index contributed by atoms with van der Waals surface area (Å²) < 4.78 is 0. The molecule has 0 N–H and O–H groups in total. The van der Waals surface area contributed by atoms with Gasteiger partial charge in [0.05, 0.1) is 18.1 Å². The Kier molecular flexibility index (Phi) is 4.71. The molecule has 5 heteroatoms. The Labute approximate surface area is 114 Å². The molecule has 1 aliphatic heterocycles. The Morgan fingerprint density at radius 1 is 1.26 bits per heavy atom. The Morgan fingerprint density at radius 3 is 2.58 bits per heavy atom. The highest BCUT2D eigenvalue weighted by molar-refractivity contribution is 5.76. The van der Waals surface area contributed by atoms with Gasteiger partial charge < -0.3 is 9.80 Å². The first-order valence-electron chi connectivity index (χ1n) is 6.96. The summed E-state index contributed by atoms with van der Waals surface area (Å²) in [5.74, 6) is 0.884. The minimum absolute atomic E-state index is 0.293. The van der Waals surface area contributed by atoms with E-state index in [0.717, 1.165) is 38.3 Å². The number of carbonyl (C=O) groups excluding carboxylic acids is 1. The summed E-state index contributed by atoms with van der Waals surface area (Å²) in [6.07, 6.45) is 5.13. The fraction of sp³-hybridized carbons (Fsp3) is 0.643. The molecule has 1 aromatic rings. The van der Waals surface area contributed by atoms with Gasteiger partial charge in [-0.15, -0.1) is 0 Å². The first-order chi connectivity index (χ1) is 9.16. The molecule has 1 aromatic heterocycles. The van der Waals surface area contributed by atoms with Gasteiger partial charge in [0.15, 0.2) is 0 Å². The molecule has 0 atom stereocenters. The van der Waals surface area contributed by atoms with Gasteiger partial charge in [-0.3, -0.25) is 4.79 Å². The van der Waals surface area contributed by atoms with Crippen LogP contribution in [0.25, 0.3) is 0 Å². The van der Waals surface area contributed by atoms with Gasteiger partial charge in [0, 0.05) is 32.6 Å². The molecule has 0 aromatic carbocycles. The lowest BCUT2D eigenvalue weighted by Crippen LogP contribution is -2.48. The van der Waals surface area contributed by atoms with Crippen LogP contribution < -0.4 is 4.90 Å². The standard InChI is InChI=1S/C14H22N4O/c1-12(2)3-4-14(19)18-9-7-17(8-10-18)13-5-6-15-16-11-13/h5-6,11-12H,3-4,7-10H2,1-2H3. The predicted octanol–water partition coefficient (Wildman–Crippen LogP) is 1.56. The van der Waals surface area contributed by atoms with Gasteiger partial charge in [-0.1, -0.05) is 13.8 Å². The van der Waals surface area contributed by atoms with Gasteiger partial charge in [0.25, 0.3) is 0 Å². The Bertz CT molecular complexity index is 399. The maximum atomic E-state index is 12.0. The number of nitrogens with zero attached hydrogens (tertiary/aromatic N) is 4. The third kappa shape index (κ3) is 3.91. The summed E-state index contributed by atoms with van der Waals surface area (Å²) in [6.45, 7) is 7.67. The molecule has 0 bridgehead atoms. The van der Waals surface area contributed by atoms with Crippen molar-refractivity contribution in [3.63, 3.8) is 0 Å². The van der Waals surface area contributed by atoms with Crippen molar-refractivity contribution in [2.24, 2.45) is 5.92 Å². The second-order valence-corrected chi connectivity index (χ2v) is 5.40. The Morgan fingerprint density at radius 2 is 2.00 bits per heavy atom. The highest BCUT2D eigenvalue weighted by atomic mass is 16.2. The molecule has 0 radical (unpaired) electrons. The molecule has 0 saturated carbocycles. The molecule has 1 saturated heterocycles. The topological polar surface area (TPSA) is 49.3 Å². The van der Waals surface area contributed by atoms with Gasteiger partial charge in [0.2, 0.25) is 5.91 Å². The summed E-state index contributed by atoms with van der Waals surface area (Å²) in [6, 6.07) is 1.96. The number of anilines is 1. The molecule has 1 fully saturated rings. The van der Waals surface area contributed by atoms with Crippen molar-refractivity contribution in [3.8, 4) is 0 Å². The Balaban J connectivity index is 1.81. The van der Waals surface area contributed by atoms with Crippen LogP contribution in [-0.2, 0) is 4.79 Å². The van der Waals surface area contributed by atoms with Crippen LogP contribution in [0.1, 0.15) is 26.7 Å². The lowest BCUT2D eigenvalue weighted by molar-refractivity contribution is -0.131. The number of hydrogen-bond donors (Lipinski definition) is 0. The lowest BCUT2D eigenvalue weighted by Gasteiger charge is -2.36. The highest BCUT2D eigenvalue weighted by Crippen LogP contribution is 2.15. The van der Waals surface area contributed by atoms with E-state index in [1.54, 1.807) is 12.4 Å². The first kappa shape index (κ1) is 13.8. The fourth-order valence-electron chi connectivity index (χ4n) is 2.26. The zero-order valence-corrected chi connectivity index (χ0v) is 11.7. The van der Waals surface area contributed by atoms with Crippen molar-refractivity contribution in [3.05, 3.63) is 18.5 Å². The van der Waals surface area contributed by atoms with E-state index in [1.165, 1.54) is 0 Å². The smallest absolute Gasteiger partial charge is 0.222 e. The van der Waals surface area contributed by atoms with E-state index in [0.29, 0.717) is 18.2 Å². The molecule has 0 aliphatic carbocycles. The summed E-state index contributed by atoms with van der Waals surface area (Å²) in [5, 5.41) is 7.67. The summed E-state index contributed by atoms with van der Waals surface area (Å²) in [7, 11) is 0. The number of piperazine rings is 1. The quantitative estimate of drug-likeness (QED) is 0.826. The molecular formula is C14H22N4O. The van der Waals surface area contributed by atoms with E-state index < -0.39 is 0 Å². The monoisotopic (exact) mass is 262 g/mol. The molecule has 2 heterocycles. The van der Waals surface area contributed by atoms with E-state index in [1.807, 2.05) is 11.0 Å². The SMILES string of the molecule is CC(C)CCC(=O)N1CCN(c2ccnnc2)CC1. The number of rotatable bonds is 4. The van der Waals surface area contributed by atoms with Crippen molar-refractivity contribution in [1.82, 2.24) is 15.1 Å². The third-order valence-electron chi connectivity index (χ3n) is 3.50. The van der Waals surface area contributed by atoms with E-state index in [9.17, 15) is 4.79 Å². The van der Waals surface area contributed by atoms with Crippen LogP contribution in [0.5, 0.6) is 0 Å². The minimum atomic E-state index is 0.293. The molecule has 1 aliphatic rings. The molecule has 5 nitrogen and oxygen atoms in total. The third-order valence-corrected chi connectivity index (χ3v) is 3.50. The number of aromatic nitrogens is 2. The number of amides is 1. The zero-order chi connectivity index (χ0) is 13.7. The molecule has 104 valence electrons. The van der Waals surface area contributed by atoms with Crippen LogP contribution in [0.15, 0.2) is 18.5 Å². The van der Waals surface area contributed by atoms with Crippen LogP contribution in [0, 0.1) is 5.92 Å². The molecule has 0 unspecified atom stereocenters. The largest absolute Gasteiger partial charge is 0.367 e. The van der Waals surface area contributed by atoms with Crippen LogP contribution in [0.2, 0.25) is 0 Å². The first-order valence-corrected chi connectivity index (χ1v) is 6.96. The fourth-order valence-corrected chi connectivity index (χ4v) is 2.26. The van der Waals surface area contributed by atoms with Crippen LogP contribution in [0.3, 0.4) is 0 Å². The number of carbonyl (C=O) groups is 1. The summed E-state index contributed by atoms with van der Waals surface area (Å²) >= 11 is 0. The summed E-state index contributed by atoms with van der Waals surface area (Å²) in [4.78, 5) is 16.3. The zero-order valence-electron chi connectivity index (χ0n) is 11.7. The van der Waals surface area contributed by atoms with Gasteiger partial charge in [-0.2, -0.15) is 10.2 Å². The van der Waals surface area contributed by atoms with Crippen molar-refractivity contribution in [2.45, 2.75) is 26.7 Å². The maximum absolute atomic E-state index is 12.0. The second-order valence-electron chi connectivity index (χ2n) is 5.40. The average molecular weight is 262 g/mol. The average Bonchev–Trinajstić information content (AvgIpc) is 2.46. The lowest BCUT2D eigenvalue weighted by atomic mass is 10.1. The van der Waals surface area contributed by atoms with Crippen molar-refractivity contribution in [1.29, 1.82) is 0 Å². The van der Waals surface area contributed by atoms with E-state index in [4.69, 9.17) is 0 Å². The van der Waals surface area contributed by atoms with Gasteiger partial charge in [0.1, 0.15) is 0 Å². The van der Waals surface area contributed by atoms with Gasteiger partial charge in [-0.05, 0) is 18.4 Å². The van der Waals surface area contributed by atoms with E-state index >= 15 is 0 Å². The minimum Gasteiger partial charge on any atom is -0.367 e. The van der Waals surface area contributed by atoms with Gasteiger partial charge >= 0.3 is 0 Å². The van der Waals surface area contributed by atoms with Crippen molar-refractivity contribution < 1.29 is 4.79 Å². The van der Waals surface area contributed by atoms with Crippen LogP contribution in [-0.4, -0.2) is 47.2 Å². The molecule has 2 rings (SSSR count). The Hall–Kier alpha value is -1.65. The molecule has 0 spiro atoms. The predicted molar refractivity (Wildman–Crippen MR) is 74.9 cm³/mol. The van der Waals surface area contributed by atoms with Crippen molar-refractivity contribution in [2.75, 3.05) is 31.1 Å². The van der Waals surface area contributed by atoms with E-state index in [-0.39, 0.29) is 0 Å². The molecular weight excluding hydrogens is 240 g/mol.